The molecule has 0 saturated heterocycles. The molecule has 5 N–H and O–H groups in total. The first-order chi connectivity index (χ1) is 19.7. The summed E-state index contributed by atoms with van der Waals surface area (Å²) in [6.07, 6.45) is 2.80. The number of benzene rings is 1. The van der Waals surface area contributed by atoms with Crippen molar-refractivity contribution >= 4 is 23.6 Å². The summed E-state index contributed by atoms with van der Waals surface area (Å²) in [5.41, 5.74) is 0.457. The second-order valence-electron chi connectivity index (χ2n) is 10.1. The zero-order valence-corrected chi connectivity index (χ0v) is 22.8. The van der Waals surface area contributed by atoms with E-state index >= 15 is 0 Å². The lowest BCUT2D eigenvalue weighted by atomic mass is 10.00. The van der Waals surface area contributed by atoms with Crippen molar-refractivity contribution in [3.63, 3.8) is 0 Å². The molecule has 0 fully saturated rings. The molecule has 1 aliphatic rings. The molecule has 41 heavy (non-hydrogen) atoms. The van der Waals surface area contributed by atoms with Gasteiger partial charge in [0.05, 0.1) is 0 Å². The summed E-state index contributed by atoms with van der Waals surface area (Å²) in [6.45, 7) is 3.89. The predicted molar refractivity (Wildman–Crippen MR) is 147 cm³/mol. The van der Waals surface area contributed by atoms with Crippen LogP contribution in [0.25, 0.3) is 0 Å². The fourth-order valence-electron chi connectivity index (χ4n) is 4.39. The Morgan fingerprint density at radius 1 is 1.02 bits per heavy atom. The van der Waals surface area contributed by atoms with Crippen LogP contribution in [0.5, 0.6) is 0 Å². The second kappa shape index (κ2) is 13.5. The number of H-pyrrole nitrogens is 1. The maximum Gasteiger partial charge on any atom is 0.273 e. The van der Waals surface area contributed by atoms with Gasteiger partial charge in [-0.25, -0.2) is 10.1 Å². The van der Waals surface area contributed by atoms with Crippen molar-refractivity contribution < 1.29 is 23.6 Å². The van der Waals surface area contributed by atoms with Gasteiger partial charge in [-0.05, 0) is 36.8 Å². The number of rotatable bonds is 5. The van der Waals surface area contributed by atoms with E-state index in [0.29, 0.717) is 25.8 Å². The number of carbonyl (C=O) groups is 4. The lowest BCUT2D eigenvalue weighted by Gasteiger charge is -2.27. The third kappa shape index (κ3) is 7.87. The van der Waals surface area contributed by atoms with Crippen LogP contribution in [0.15, 0.2) is 57.9 Å². The molecule has 13 heteroatoms. The highest BCUT2D eigenvalue weighted by atomic mass is 16.3. The van der Waals surface area contributed by atoms with Crippen molar-refractivity contribution in [1.82, 2.24) is 36.4 Å². The summed E-state index contributed by atoms with van der Waals surface area (Å²) < 4.78 is 5.62. The van der Waals surface area contributed by atoms with Gasteiger partial charge >= 0.3 is 0 Å². The Bertz CT molecular complexity index is 1410. The van der Waals surface area contributed by atoms with Gasteiger partial charge in [0, 0.05) is 19.0 Å². The Morgan fingerprint density at radius 2 is 1.80 bits per heavy atom. The molecule has 1 aromatic carbocycles. The van der Waals surface area contributed by atoms with E-state index in [1.54, 1.807) is 13.8 Å². The van der Waals surface area contributed by atoms with E-state index < -0.39 is 47.3 Å². The number of nitrogens with one attached hydrogen (secondary N) is 5. The molecule has 0 unspecified atom stereocenters. The molecule has 0 aliphatic carbocycles. The molecule has 13 nitrogen and oxygen atoms in total. The number of fused-ring (bicyclic) bond motifs is 2. The molecule has 4 rings (SSSR count). The molecular formula is C28H33N7O6. The Balaban J connectivity index is 1.60. The van der Waals surface area contributed by atoms with Crippen molar-refractivity contribution in [2.75, 3.05) is 6.54 Å². The minimum absolute atomic E-state index is 0.0664. The molecule has 2 bridgehead atoms. The number of aromatic amines is 1. The van der Waals surface area contributed by atoms with Crippen molar-refractivity contribution in [1.29, 1.82) is 0 Å². The quantitative estimate of drug-likeness (QED) is 0.304. The van der Waals surface area contributed by atoms with Gasteiger partial charge in [0.2, 0.25) is 17.7 Å². The minimum atomic E-state index is -0.999. The first-order valence-corrected chi connectivity index (χ1v) is 13.5. The van der Waals surface area contributed by atoms with Crippen LogP contribution in [0, 0.1) is 5.92 Å². The number of carbonyl (C=O) groups excluding carboxylic acids is 4. The van der Waals surface area contributed by atoms with Gasteiger partial charge in [-0.3, -0.25) is 24.0 Å². The summed E-state index contributed by atoms with van der Waals surface area (Å²) in [5.74, 6) is -2.26. The standard InChI is InChI=1S/C28H33N7O6/c1-16(2)23-27(40)31-20(14-17-8-4-3-5-9-17)28-32-21(15-41-28)24(37)29-13-7-6-10-18(25(38)33-23)30-26(39)19-11-12-22(36)35-34-19/h3-5,8-9,11-12,15-16,18,20,23H,6-7,10,13-14H2,1-2H3,(H,29,37)(H,30,39)(H,31,40)(H,33,38)(H,35,36)/t18-,20+,23-/m0/s1. The van der Waals surface area contributed by atoms with Crippen LogP contribution in [0.4, 0.5) is 0 Å². The first kappa shape index (κ1) is 29.2. The lowest BCUT2D eigenvalue weighted by Crippen LogP contribution is -2.56. The summed E-state index contributed by atoms with van der Waals surface area (Å²) in [7, 11) is 0. The zero-order valence-electron chi connectivity index (χ0n) is 22.8. The van der Waals surface area contributed by atoms with Gasteiger partial charge in [0.1, 0.15) is 30.1 Å². The Hall–Kier alpha value is -4.81. The van der Waals surface area contributed by atoms with Crippen molar-refractivity contribution in [3.8, 4) is 0 Å². The average Bonchev–Trinajstić information content (AvgIpc) is 3.45. The van der Waals surface area contributed by atoms with Gasteiger partial charge < -0.3 is 25.7 Å². The fourth-order valence-corrected chi connectivity index (χ4v) is 4.39. The number of oxazole rings is 1. The largest absolute Gasteiger partial charge is 0.446 e. The molecule has 0 saturated carbocycles. The van der Waals surface area contributed by atoms with Crippen molar-refractivity contribution in [2.24, 2.45) is 5.92 Å². The summed E-state index contributed by atoms with van der Waals surface area (Å²) in [6, 6.07) is 9.15. The topological polar surface area (TPSA) is 188 Å². The maximum absolute atomic E-state index is 13.6. The highest BCUT2D eigenvalue weighted by Gasteiger charge is 2.32. The lowest BCUT2D eigenvalue weighted by molar-refractivity contribution is -0.131. The monoisotopic (exact) mass is 563 g/mol. The molecule has 216 valence electrons. The highest BCUT2D eigenvalue weighted by molar-refractivity contribution is 5.97. The molecular weight excluding hydrogens is 530 g/mol. The van der Waals surface area contributed by atoms with Gasteiger partial charge in [-0.1, -0.05) is 44.2 Å². The number of nitrogens with zero attached hydrogens (tertiary/aromatic N) is 2. The fraction of sp³-hybridized carbons (Fsp3) is 0.393. The predicted octanol–water partition coefficient (Wildman–Crippen LogP) is 1.01. The summed E-state index contributed by atoms with van der Waals surface area (Å²) in [4.78, 5) is 68.1. The minimum Gasteiger partial charge on any atom is -0.446 e. The summed E-state index contributed by atoms with van der Waals surface area (Å²) >= 11 is 0. The van der Waals surface area contributed by atoms with Gasteiger partial charge in [0.25, 0.3) is 17.4 Å². The van der Waals surface area contributed by atoms with E-state index in [-0.39, 0.29) is 29.6 Å². The Kier molecular flexibility index (Phi) is 9.61. The highest BCUT2D eigenvalue weighted by Crippen LogP contribution is 2.20. The van der Waals surface area contributed by atoms with Gasteiger partial charge in [-0.15, -0.1) is 0 Å². The Morgan fingerprint density at radius 3 is 2.51 bits per heavy atom. The molecule has 1 aliphatic heterocycles. The number of hydrogen-bond donors (Lipinski definition) is 5. The zero-order chi connectivity index (χ0) is 29.4. The number of hydrogen-bond acceptors (Lipinski definition) is 8. The van der Waals surface area contributed by atoms with Crippen LogP contribution in [-0.4, -0.2) is 57.4 Å². The van der Waals surface area contributed by atoms with Crippen LogP contribution in [-0.2, 0) is 16.0 Å². The molecule has 0 radical (unpaired) electrons. The van der Waals surface area contributed by atoms with Crippen LogP contribution in [0.2, 0.25) is 0 Å². The van der Waals surface area contributed by atoms with Crippen LogP contribution in [0.3, 0.4) is 0 Å². The van der Waals surface area contributed by atoms with E-state index in [2.05, 4.69) is 36.4 Å². The molecule has 2 aromatic heterocycles. The molecule has 3 aromatic rings. The van der Waals surface area contributed by atoms with Crippen LogP contribution < -0.4 is 26.8 Å². The SMILES string of the molecule is CC(C)[C@@H]1NC(=O)[C@@H](NC(=O)c2ccc(=O)[nH]n2)CCCCNC(=O)c2coc(n2)[C@@H](Cc2ccccc2)NC1=O. The van der Waals surface area contributed by atoms with E-state index in [1.165, 1.54) is 12.3 Å². The number of amides is 4. The van der Waals surface area contributed by atoms with Crippen LogP contribution in [0.1, 0.15) is 71.6 Å². The van der Waals surface area contributed by atoms with Gasteiger partial charge in [0.15, 0.2) is 5.69 Å². The number of aromatic nitrogens is 3. The van der Waals surface area contributed by atoms with Crippen molar-refractivity contribution in [3.05, 3.63) is 81.9 Å². The average molecular weight is 564 g/mol. The molecule has 3 atom stereocenters. The molecule has 4 amide bonds. The van der Waals surface area contributed by atoms with E-state index in [0.717, 1.165) is 11.6 Å². The first-order valence-electron chi connectivity index (χ1n) is 13.5. The van der Waals surface area contributed by atoms with E-state index in [4.69, 9.17) is 4.42 Å². The normalized spacial score (nSPS) is 20.6. The summed E-state index contributed by atoms with van der Waals surface area (Å²) in [5, 5.41) is 17.0. The van der Waals surface area contributed by atoms with Gasteiger partial charge in [-0.2, -0.15) is 5.10 Å². The third-order valence-electron chi connectivity index (χ3n) is 6.64. The third-order valence-corrected chi connectivity index (χ3v) is 6.64. The van der Waals surface area contributed by atoms with E-state index in [9.17, 15) is 24.0 Å². The molecule has 0 spiro atoms. The molecule has 3 heterocycles. The van der Waals surface area contributed by atoms with Crippen molar-refractivity contribution in [2.45, 2.75) is 57.7 Å². The smallest absolute Gasteiger partial charge is 0.273 e. The second-order valence-corrected chi connectivity index (χ2v) is 10.1. The Labute approximate surface area is 235 Å². The van der Waals surface area contributed by atoms with Crippen LogP contribution >= 0.6 is 0 Å². The maximum atomic E-state index is 13.6. The van der Waals surface area contributed by atoms with E-state index in [1.807, 2.05) is 30.3 Å².